The van der Waals surface area contributed by atoms with Crippen molar-refractivity contribution in [2.75, 3.05) is 6.54 Å². The van der Waals surface area contributed by atoms with Crippen molar-refractivity contribution in [3.63, 3.8) is 0 Å². The van der Waals surface area contributed by atoms with Crippen molar-refractivity contribution >= 4 is 11.3 Å². The maximum absolute atomic E-state index is 13.1. The molecule has 0 radical (unpaired) electrons. The minimum atomic E-state index is -4.36. The van der Waals surface area contributed by atoms with Gasteiger partial charge < -0.3 is 5.32 Å². The van der Waals surface area contributed by atoms with E-state index in [1.54, 1.807) is 12.3 Å². The van der Waals surface area contributed by atoms with Gasteiger partial charge in [-0.3, -0.25) is 0 Å². The number of benzene rings is 1. The van der Waals surface area contributed by atoms with Crippen LogP contribution in [0.2, 0.25) is 0 Å². The smallest absolute Gasteiger partial charge is 0.306 e. The molecule has 20 heavy (non-hydrogen) atoms. The largest absolute Gasteiger partial charge is 0.416 e. The van der Waals surface area contributed by atoms with Gasteiger partial charge in [0.25, 0.3) is 0 Å². The van der Waals surface area contributed by atoms with Crippen molar-refractivity contribution in [3.05, 3.63) is 51.5 Å². The number of alkyl halides is 3. The number of nitrogens with one attached hydrogen (secondary N) is 1. The first-order valence-electron chi connectivity index (χ1n) is 6.25. The highest BCUT2D eigenvalue weighted by atomic mass is 32.1. The molecule has 0 aliphatic rings. The minimum absolute atomic E-state index is 0.241. The third kappa shape index (κ3) is 3.19. The number of nitrogens with zero attached hydrogens (tertiary/aromatic N) is 1. The van der Waals surface area contributed by atoms with E-state index in [0.717, 1.165) is 16.0 Å². The number of thiazole rings is 1. The van der Waals surface area contributed by atoms with E-state index in [9.17, 15) is 13.2 Å². The molecule has 1 aromatic heterocycles. The molecule has 2 nitrogen and oxygen atoms in total. The molecule has 1 atom stereocenters. The molecule has 0 bridgehead atoms. The quantitative estimate of drug-likeness (QED) is 0.916. The van der Waals surface area contributed by atoms with Gasteiger partial charge in [-0.05, 0) is 25.1 Å². The molecule has 0 fully saturated rings. The molecule has 1 unspecified atom stereocenters. The molecule has 108 valence electrons. The van der Waals surface area contributed by atoms with Crippen LogP contribution in [0, 0.1) is 6.92 Å². The van der Waals surface area contributed by atoms with E-state index in [-0.39, 0.29) is 5.56 Å². The van der Waals surface area contributed by atoms with Crippen LogP contribution in [0.1, 0.15) is 34.0 Å². The molecular formula is C14H15F3N2S. The van der Waals surface area contributed by atoms with E-state index in [1.807, 2.05) is 13.8 Å². The highest BCUT2D eigenvalue weighted by Gasteiger charge is 2.35. The number of aryl methyl sites for hydroxylation is 1. The van der Waals surface area contributed by atoms with E-state index in [4.69, 9.17) is 0 Å². The highest BCUT2D eigenvalue weighted by Crippen LogP contribution is 2.37. The Labute approximate surface area is 119 Å². The summed E-state index contributed by atoms with van der Waals surface area (Å²) in [6, 6.07) is 5.19. The zero-order valence-electron chi connectivity index (χ0n) is 11.2. The summed E-state index contributed by atoms with van der Waals surface area (Å²) < 4.78 is 39.4. The lowest BCUT2D eigenvalue weighted by Crippen LogP contribution is -2.24. The highest BCUT2D eigenvalue weighted by molar-refractivity contribution is 7.11. The summed E-state index contributed by atoms with van der Waals surface area (Å²) in [5.41, 5.74) is -0.359. The van der Waals surface area contributed by atoms with Crippen LogP contribution < -0.4 is 5.32 Å². The third-order valence-electron chi connectivity index (χ3n) is 2.91. The Bertz CT molecular complexity index is 578. The lowest BCUT2D eigenvalue weighted by atomic mass is 9.99. The molecule has 1 N–H and O–H groups in total. The van der Waals surface area contributed by atoms with Gasteiger partial charge in [-0.2, -0.15) is 13.2 Å². The Balaban J connectivity index is 2.50. The standard InChI is InChI=1S/C14H15F3N2S/c1-3-18-13(12-8-19-9(2)20-12)10-6-4-5-7-11(10)14(15,16)17/h4-8,13,18H,3H2,1-2H3. The molecule has 2 aromatic rings. The third-order valence-corrected chi connectivity index (χ3v) is 3.89. The summed E-state index contributed by atoms with van der Waals surface area (Å²) in [5, 5.41) is 3.95. The number of halogens is 3. The van der Waals surface area contributed by atoms with Crippen molar-refractivity contribution in [1.82, 2.24) is 10.3 Å². The van der Waals surface area contributed by atoms with Crippen LogP contribution in [0.25, 0.3) is 0 Å². The van der Waals surface area contributed by atoms with Crippen LogP contribution in [0.5, 0.6) is 0 Å². The normalized spacial score (nSPS) is 13.4. The molecule has 1 aromatic carbocycles. The zero-order chi connectivity index (χ0) is 14.8. The van der Waals surface area contributed by atoms with E-state index >= 15 is 0 Å². The van der Waals surface area contributed by atoms with Gasteiger partial charge in [-0.15, -0.1) is 11.3 Å². The van der Waals surface area contributed by atoms with Gasteiger partial charge in [0.2, 0.25) is 0 Å². The monoisotopic (exact) mass is 300 g/mol. The molecular weight excluding hydrogens is 285 g/mol. The Morgan fingerprint density at radius 1 is 1.30 bits per heavy atom. The van der Waals surface area contributed by atoms with Gasteiger partial charge in [-0.25, -0.2) is 4.98 Å². The number of aromatic nitrogens is 1. The van der Waals surface area contributed by atoms with Crippen molar-refractivity contribution in [2.45, 2.75) is 26.1 Å². The summed E-state index contributed by atoms with van der Waals surface area (Å²) in [7, 11) is 0. The fourth-order valence-electron chi connectivity index (χ4n) is 2.09. The van der Waals surface area contributed by atoms with Crippen molar-refractivity contribution < 1.29 is 13.2 Å². The predicted molar refractivity (Wildman–Crippen MR) is 73.8 cm³/mol. The minimum Gasteiger partial charge on any atom is -0.306 e. The van der Waals surface area contributed by atoms with Crippen LogP contribution >= 0.6 is 11.3 Å². The predicted octanol–water partition coefficient (Wildman–Crippen LogP) is 4.17. The maximum Gasteiger partial charge on any atom is 0.416 e. The van der Waals surface area contributed by atoms with Crippen molar-refractivity contribution in [1.29, 1.82) is 0 Å². The molecule has 6 heteroatoms. The molecule has 2 rings (SSSR count). The van der Waals surface area contributed by atoms with Crippen LogP contribution in [-0.2, 0) is 6.18 Å². The lowest BCUT2D eigenvalue weighted by molar-refractivity contribution is -0.138. The topological polar surface area (TPSA) is 24.9 Å². The van der Waals surface area contributed by atoms with Crippen LogP contribution in [0.4, 0.5) is 13.2 Å². The Kier molecular flexibility index (Phi) is 4.45. The molecule has 1 heterocycles. The summed E-state index contributed by atoms with van der Waals surface area (Å²) in [5.74, 6) is 0. The second kappa shape index (κ2) is 5.93. The number of hydrogen-bond donors (Lipinski definition) is 1. The molecule has 0 saturated carbocycles. The molecule has 0 aliphatic carbocycles. The molecule has 0 spiro atoms. The van der Waals surface area contributed by atoms with Gasteiger partial charge >= 0.3 is 6.18 Å². The first-order chi connectivity index (χ1) is 9.43. The first kappa shape index (κ1) is 15.0. The average Bonchev–Trinajstić information content (AvgIpc) is 2.81. The zero-order valence-corrected chi connectivity index (χ0v) is 12.0. The van der Waals surface area contributed by atoms with Crippen molar-refractivity contribution in [2.24, 2.45) is 0 Å². The fourth-order valence-corrected chi connectivity index (χ4v) is 2.97. The fraction of sp³-hybridized carbons (Fsp3) is 0.357. The van der Waals surface area contributed by atoms with E-state index in [1.165, 1.54) is 23.5 Å². The average molecular weight is 300 g/mol. The number of rotatable bonds is 4. The Morgan fingerprint density at radius 2 is 2.00 bits per heavy atom. The number of hydrogen-bond acceptors (Lipinski definition) is 3. The van der Waals surface area contributed by atoms with Gasteiger partial charge in [0.1, 0.15) is 0 Å². The SMILES string of the molecule is CCNC(c1cnc(C)s1)c1ccccc1C(F)(F)F. The molecule has 0 saturated heterocycles. The Hall–Kier alpha value is -1.40. The van der Waals surface area contributed by atoms with Crippen molar-refractivity contribution in [3.8, 4) is 0 Å². The summed E-state index contributed by atoms with van der Waals surface area (Å²) in [6.07, 6.45) is -2.72. The van der Waals surface area contributed by atoms with Gasteiger partial charge in [0, 0.05) is 11.1 Å². The molecule has 0 aliphatic heterocycles. The second-order valence-corrected chi connectivity index (χ2v) is 5.62. The van der Waals surface area contributed by atoms with E-state index in [2.05, 4.69) is 10.3 Å². The van der Waals surface area contributed by atoms with Crippen LogP contribution in [0.3, 0.4) is 0 Å². The van der Waals surface area contributed by atoms with E-state index < -0.39 is 17.8 Å². The Morgan fingerprint density at radius 3 is 2.55 bits per heavy atom. The van der Waals surface area contributed by atoms with Gasteiger partial charge in [0.05, 0.1) is 16.6 Å². The van der Waals surface area contributed by atoms with Gasteiger partial charge in [-0.1, -0.05) is 25.1 Å². The van der Waals surface area contributed by atoms with Crippen LogP contribution in [0.15, 0.2) is 30.5 Å². The van der Waals surface area contributed by atoms with Crippen LogP contribution in [-0.4, -0.2) is 11.5 Å². The summed E-state index contributed by atoms with van der Waals surface area (Å²) >= 11 is 1.41. The summed E-state index contributed by atoms with van der Waals surface area (Å²) in [4.78, 5) is 4.93. The van der Waals surface area contributed by atoms with Gasteiger partial charge in [0.15, 0.2) is 0 Å². The van der Waals surface area contributed by atoms with E-state index in [0.29, 0.717) is 6.54 Å². The summed E-state index contributed by atoms with van der Waals surface area (Å²) in [6.45, 7) is 4.29. The maximum atomic E-state index is 13.1. The lowest BCUT2D eigenvalue weighted by Gasteiger charge is -2.21. The first-order valence-corrected chi connectivity index (χ1v) is 7.07. The second-order valence-electron chi connectivity index (χ2n) is 4.36. The molecule has 0 amide bonds.